The van der Waals surface area contributed by atoms with Crippen molar-refractivity contribution in [2.75, 3.05) is 38.0 Å². The fourth-order valence-electron chi connectivity index (χ4n) is 5.88. The summed E-state index contributed by atoms with van der Waals surface area (Å²) in [5.74, 6) is 1.29. The number of urea groups is 1. The van der Waals surface area contributed by atoms with Gasteiger partial charge in [0.2, 0.25) is 5.91 Å². The summed E-state index contributed by atoms with van der Waals surface area (Å²) in [6, 6.07) is 8.43. The van der Waals surface area contributed by atoms with Crippen LogP contribution in [0, 0.1) is 5.92 Å². The second-order valence-electron chi connectivity index (χ2n) is 10.6. The second-order valence-corrected chi connectivity index (χ2v) is 10.6. The van der Waals surface area contributed by atoms with Gasteiger partial charge in [-0.3, -0.25) is 9.69 Å². The Balaban J connectivity index is 1.36. The summed E-state index contributed by atoms with van der Waals surface area (Å²) < 4.78 is 0. The van der Waals surface area contributed by atoms with Crippen molar-refractivity contribution in [2.24, 2.45) is 5.92 Å². The van der Waals surface area contributed by atoms with E-state index in [-0.39, 0.29) is 12.1 Å². The molecule has 2 atom stereocenters. The van der Waals surface area contributed by atoms with E-state index in [1.807, 2.05) is 17.0 Å². The molecule has 2 aliphatic heterocycles. The number of carbonyl (C=O) groups excluding carboxylic acids is 2. The third-order valence-electron chi connectivity index (χ3n) is 8.01. The SMILES string of the molecule is CC(C)c1ccc(NC(=O)N2CCN([C@@H](C(=O)N3CCCC[C@H]3C)C3CCCC3)CC2)cc1. The maximum atomic E-state index is 13.7. The van der Waals surface area contributed by atoms with Crippen LogP contribution in [0.15, 0.2) is 24.3 Å². The number of rotatable bonds is 5. The molecule has 1 aromatic carbocycles. The lowest BCUT2D eigenvalue weighted by Crippen LogP contribution is -2.60. The van der Waals surface area contributed by atoms with Gasteiger partial charge >= 0.3 is 6.03 Å². The molecule has 6 nitrogen and oxygen atoms in total. The fraction of sp³-hybridized carbons (Fsp3) is 0.704. The maximum Gasteiger partial charge on any atom is 0.321 e. The Morgan fingerprint density at radius 1 is 0.879 bits per heavy atom. The van der Waals surface area contributed by atoms with Gasteiger partial charge in [0.25, 0.3) is 0 Å². The highest BCUT2D eigenvalue weighted by Crippen LogP contribution is 2.33. The zero-order chi connectivity index (χ0) is 23.4. The van der Waals surface area contributed by atoms with E-state index in [4.69, 9.17) is 0 Å². The van der Waals surface area contributed by atoms with E-state index >= 15 is 0 Å². The summed E-state index contributed by atoms with van der Waals surface area (Å²) in [6.07, 6.45) is 8.27. The predicted molar refractivity (Wildman–Crippen MR) is 133 cm³/mol. The monoisotopic (exact) mass is 454 g/mol. The molecule has 33 heavy (non-hydrogen) atoms. The summed E-state index contributed by atoms with van der Waals surface area (Å²) in [6.45, 7) is 10.3. The van der Waals surface area contributed by atoms with Gasteiger partial charge in [0.1, 0.15) is 0 Å². The number of piperidine rings is 1. The smallest absolute Gasteiger partial charge is 0.321 e. The van der Waals surface area contributed by atoms with E-state index in [0.717, 1.165) is 51.0 Å². The molecule has 3 amide bonds. The first-order valence-corrected chi connectivity index (χ1v) is 13.1. The van der Waals surface area contributed by atoms with Crippen molar-refractivity contribution in [2.45, 2.75) is 83.7 Å². The van der Waals surface area contributed by atoms with Crippen molar-refractivity contribution < 1.29 is 9.59 Å². The van der Waals surface area contributed by atoms with E-state index in [9.17, 15) is 9.59 Å². The van der Waals surface area contributed by atoms with Crippen molar-refractivity contribution >= 4 is 17.6 Å². The normalized spacial score (nSPS) is 23.7. The highest BCUT2D eigenvalue weighted by Gasteiger charge is 2.40. The molecule has 4 rings (SSSR count). The molecule has 3 aliphatic rings. The first-order chi connectivity index (χ1) is 15.9. The maximum absolute atomic E-state index is 13.7. The molecule has 1 saturated carbocycles. The number of likely N-dealkylation sites (tertiary alicyclic amines) is 1. The highest BCUT2D eigenvalue weighted by atomic mass is 16.2. The van der Waals surface area contributed by atoms with Crippen molar-refractivity contribution in [1.82, 2.24) is 14.7 Å². The Morgan fingerprint density at radius 2 is 1.52 bits per heavy atom. The minimum Gasteiger partial charge on any atom is -0.339 e. The Labute approximate surface area is 199 Å². The summed E-state index contributed by atoms with van der Waals surface area (Å²) in [4.78, 5) is 33.0. The summed E-state index contributed by atoms with van der Waals surface area (Å²) >= 11 is 0. The summed E-state index contributed by atoms with van der Waals surface area (Å²) in [7, 11) is 0. The standard InChI is InChI=1S/C27H42N4O2/c1-20(2)22-11-13-24(14-12-22)28-27(33)30-18-16-29(17-19-30)25(23-9-4-5-10-23)26(32)31-15-7-6-8-21(31)3/h11-14,20-21,23,25H,4-10,15-19H2,1-3H3,(H,28,33)/t21-,25-/m1/s1. The van der Waals surface area contributed by atoms with Gasteiger partial charge in [-0.2, -0.15) is 0 Å². The van der Waals surface area contributed by atoms with E-state index in [1.165, 1.54) is 24.8 Å². The molecule has 2 saturated heterocycles. The van der Waals surface area contributed by atoms with Gasteiger partial charge in [0.05, 0.1) is 6.04 Å². The lowest BCUT2D eigenvalue weighted by molar-refractivity contribution is -0.143. The molecule has 1 N–H and O–H groups in total. The molecular weight excluding hydrogens is 412 g/mol. The van der Waals surface area contributed by atoms with Crippen LogP contribution in [0.25, 0.3) is 0 Å². The quantitative estimate of drug-likeness (QED) is 0.687. The lowest BCUT2D eigenvalue weighted by Gasteiger charge is -2.44. The Morgan fingerprint density at radius 3 is 2.12 bits per heavy atom. The van der Waals surface area contributed by atoms with Gasteiger partial charge in [0.15, 0.2) is 0 Å². The first-order valence-electron chi connectivity index (χ1n) is 13.1. The van der Waals surface area contributed by atoms with Crippen molar-refractivity contribution in [3.05, 3.63) is 29.8 Å². The highest BCUT2D eigenvalue weighted by molar-refractivity contribution is 5.89. The van der Waals surface area contributed by atoms with Gasteiger partial charge in [-0.15, -0.1) is 0 Å². The molecule has 1 aliphatic carbocycles. The molecular formula is C27H42N4O2. The molecule has 0 radical (unpaired) electrons. The Bertz CT molecular complexity index is 795. The molecule has 0 bridgehead atoms. The number of nitrogens with one attached hydrogen (secondary N) is 1. The van der Waals surface area contributed by atoms with Gasteiger partial charge in [0, 0.05) is 44.5 Å². The lowest BCUT2D eigenvalue weighted by atomic mass is 9.92. The van der Waals surface area contributed by atoms with E-state index in [1.54, 1.807) is 0 Å². The third-order valence-corrected chi connectivity index (χ3v) is 8.01. The average molecular weight is 455 g/mol. The topological polar surface area (TPSA) is 55.9 Å². The number of hydrogen-bond acceptors (Lipinski definition) is 3. The number of amides is 3. The number of hydrogen-bond donors (Lipinski definition) is 1. The van der Waals surface area contributed by atoms with Crippen LogP contribution in [-0.4, -0.2) is 71.4 Å². The molecule has 0 aromatic heterocycles. The van der Waals surface area contributed by atoms with Crippen LogP contribution < -0.4 is 5.32 Å². The molecule has 0 spiro atoms. The minimum atomic E-state index is -0.0413. The van der Waals surface area contributed by atoms with Gasteiger partial charge in [-0.25, -0.2) is 4.79 Å². The van der Waals surface area contributed by atoms with Crippen LogP contribution >= 0.6 is 0 Å². The summed E-state index contributed by atoms with van der Waals surface area (Å²) in [5, 5.41) is 3.05. The molecule has 6 heteroatoms. The van der Waals surface area contributed by atoms with Crippen LogP contribution in [0.4, 0.5) is 10.5 Å². The summed E-state index contributed by atoms with van der Waals surface area (Å²) in [5.41, 5.74) is 2.11. The zero-order valence-electron chi connectivity index (χ0n) is 20.8. The van der Waals surface area contributed by atoms with E-state index in [0.29, 0.717) is 36.9 Å². The van der Waals surface area contributed by atoms with Crippen LogP contribution in [0.3, 0.4) is 0 Å². The largest absolute Gasteiger partial charge is 0.339 e. The number of piperazine rings is 1. The van der Waals surface area contributed by atoms with E-state index < -0.39 is 0 Å². The average Bonchev–Trinajstić information content (AvgIpc) is 3.34. The second kappa shape index (κ2) is 10.9. The van der Waals surface area contributed by atoms with Gasteiger partial charge in [-0.1, -0.05) is 38.8 Å². The predicted octanol–water partition coefficient (Wildman–Crippen LogP) is 4.92. The van der Waals surface area contributed by atoms with Crippen molar-refractivity contribution in [3.63, 3.8) is 0 Å². The zero-order valence-corrected chi connectivity index (χ0v) is 20.8. The number of carbonyl (C=O) groups is 2. The molecule has 182 valence electrons. The molecule has 2 heterocycles. The Hall–Kier alpha value is -2.08. The molecule has 1 aromatic rings. The Kier molecular flexibility index (Phi) is 7.94. The van der Waals surface area contributed by atoms with Crippen LogP contribution in [0.1, 0.15) is 77.2 Å². The van der Waals surface area contributed by atoms with Crippen LogP contribution in [-0.2, 0) is 4.79 Å². The molecule has 3 fully saturated rings. The fourth-order valence-corrected chi connectivity index (χ4v) is 5.88. The molecule has 0 unspecified atom stereocenters. The van der Waals surface area contributed by atoms with Crippen LogP contribution in [0.5, 0.6) is 0 Å². The number of nitrogens with zero attached hydrogens (tertiary/aromatic N) is 3. The number of anilines is 1. The first kappa shape index (κ1) is 24.1. The van der Waals surface area contributed by atoms with E-state index in [2.05, 4.69) is 48.0 Å². The van der Waals surface area contributed by atoms with Crippen molar-refractivity contribution in [1.29, 1.82) is 0 Å². The third kappa shape index (κ3) is 5.71. The van der Waals surface area contributed by atoms with Gasteiger partial charge < -0.3 is 15.1 Å². The van der Waals surface area contributed by atoms with Gasteiger partial charge in [-0.05, 0) is 68.6 Å². The minimum absolute atomic E-state index is 0.0122. The number of benzene rings is 1. The van der Waals surface area contributed by atoms with Crippen molar-refractivity contribution in [3.8, 4) is 0 Å². The van der Waals surface area contributed by atoms with Crippen LogP contribution in [0.2, 0.25) is 0 Å².